The van der Waals surface area contributed by atoms with Gasteiger partial charge in [-0.1, -0.05) is 17.7 Å². The van der Waals surface area contributed by atoms with Gasteiger partial charge in [0.1, 0.15) is 5.92 Å². The Labute approximate surface area is 136 Å². The van der Waals surface area contributed by atoms with Crippen molar-refractivity contribution in [2.45, 2.75) is 26.7 Å². The third-order valence-corrected chi connectivity index (χ3v) is 3.62. The van der Waals surface area contributed by atoms with E-state index in [-0.39, 0.29) is 12.8 Å². The smallest absolute Gasteiger partial charge is 0.481 e. The van der Waals surface area contributed by atoms with Crippen LogP contribution in [0.15, 0.2) is 24.3 Å². The van der Waals surface area contributed by atoms with Gasteiger partial charge in [0.05, 0.1) is 0 Å². The van der Waals surface area contributed by atoms with Gasteiger partial charge in [0.25, 0.3) is 0 Å². The van der Waals surface area contributed by atoms with Gasteiger partial charge in [-0.25, -0.2) is 0 Å². The van der Waals surface area contributed by atoms with E-state index in [0.717, 1.165) is 6.54 Å². The second kappa shape index (κ2) is 11.6. The SMILES string of the molecule is CCNc1ccc(C)cc1.O=C(O)CCC(C[P+](=O)O)C(=O)O. The molecule has 1 rings (SSSR count). The van der Waals surface area contributed by atoms with Crippen LogP contribution in [0, 0.1) is 12.8 Å². The summed E-state index contributed by atoms with van der Waals surface area (Å²) in [7, 11) is -2.53. The number of carboxylic acid groups (broad SMARTS) is 2. The lowest BCUT2D eigenvalue weighted by Gasteiger charge is -2.02. The summed E-state index contributed by atoms with van der Waals surface area (Å²) in [5, 5.41) is 20.0. The molecule has 0 amide bonds. The van der Waals surface area contributed by atoms with E-state index in [1.165, 1.54) is 11.3 Å². The number of nitrogens with one attached hydrogen (secondary N) is 1. The van der Waals surface area contributed by atoms with Crippen LogP contribution in [0.25, 0.3) is 0 Å². The largest absolute Gasteiger partial charge is 0.506 e. The maximum absolute atomic E-state index is 10.4. The first-order valence-electron chi connectivity index (χ1n) is 7.15. The van der Waals surface area contributed by atoms with Gasteiger partial charge in [-0.15, -0.1) is 0 Å². The number of anilines is 1. The first kappa shape index (κ1) is 21.0. The van der Waals surface area contributed by atoms with Crippen LogP contribution in [-0.2, 0) is 14.2 Å². The third-order valence-electron chi connectivity index (χ3n) is 2.86. The first-order chi connectivity index (χ1) is 10.8. The minimum atomic E-state index is -2.53. The maximum Gasteiger partial charge on any atom is 0.506 e. The maximum atomic E-state index is 10.4. The predicted molar refractivity (Wildman–Crippen MR) is 88.0 cm³/mol. The molecular weight excluding hydrogens is 321 g/mol. The Kier molecular flexibility index (Phi) is 10.6. The Morgan fingerprint density at radius 1 is 1.22 bits per heavy atom. The van der Waals surface area contributed by atoms with Gasteiger partial charge in [-0.2, -0.15) is 4.89 Å². The molecule has 2 unspecified atom stereocenters. The molecule has 23 heavy (non-hydrogen) atoms. The van der Waals surface area contributed by atoms with Crippen molar-refractivity contribution in [1.29, 1.82) is 0 Å². The van der Waals surface area contributed by atoms with E-state index in [4.69, 9.17) is 15.1 Å². The van der Waals surface area contributed by atoms with Gasteiger partial charge in [0.2, 0.25) is 0 Å². The molecule has 0 saturated carbocycles. The van der Waals surface area contributed by atoms with Crippen LogP contribution < -0.4 is 5.32 Å². The molecule has 0 spiro atoms. The van der Waals surface area contributed by atoms with Crippen molar-refractivity contribution in [2.24, 2.45) is 5.92 Å². The fraction of sp³-hybridized carbons (Fsp3) is 0.467. The van der Waals surface area contributed by atoms with Gasteiger partial charge in [0, 0.05) is 18.7 Å². The van der Waals surface area contributed by atoms with Gasteiger partial charge >= 0.3 is 20.0 Å². The van der Waals surface area contributed by atoms with Gasteiger partial charge in [-0.05, 0) is 37.0 Å². The summed E-state index contributed by atoms with van der Waals surface area (Å²) in [5.74, 6) is -3.40. The number of carbonyl (C=O) groups is 2. The molecule has 0 bridgehead atoms. The second-order valence-corrected chi connectivity index (χ2v) is 5.97. The molecule has 4 N–H and O–H groups in total. The number of carboxylic acids is 2. The Balaban J connectivity index is 0.000000433. The Morgan fingerprint density at radius 2 is 1.78 bits per heavy atom. The van der Waals surface area contributed by atoms with Crippen molar-refractivity contribution in [2.75, 3.05) is 18.0 Å². The molecule has 7 nitrogen and oxygen atoms in total. The molecule has 0 aromatic heterocycles. The molecule has 1 aromatic rings. The number of benzene rings is 1. The van der Waals surface area contributed by atoms with Crippen molar-refractivity contribution in [3.05, 3.63) is 29.8 Å². The Hall–Kier alpha value is -1.98. The van der Waals surface area contributed by atoms with Crippen molar-refractivity contribution in [1.82, 2.24) is 0 Å². The normalized spacial score (nSPS) is 11.7. The van der Waals surface area contributed by atoms with Crippen molar-refractivity contribution in [3.63, 3.8) is 0 Å². The molecule has 0 aliphatic heterocycles. The summed E-state index contributed by atoms with van der Waals surface area (Å²) in [4.78, 5) is 28.9. The Bertz CT molecular complexity index is 517. The average Bonchev–Trinajstić information content (AvgIpc) is 2.46. The molecule has 0 aliphatic rings. The summed E-state index contributed by atoms with van der Waals surface area (Å²) >= 11 is 0. The molecule has 0 aliphatic carbocycles. The number of rotatable bonds is 8. The van der Waals surface area contributed by atoms with Gasteiger partial charge in [-0.3, -0.25) is 9.59 Å². The molecular formula is C15H23NO6P+. The number of aryl methyl sites for hydroxylation is 1. The third kappa shape index (κ3) is 11.3. The van der Waals surface area contributed by atoms with E-state index in [1.54, 1.807) is 0 Å². The van der Waals surface area contributed by atoms with Crippen LogP contribution in [0.1, 0.15) is 25.3 Å². The number of hydrogen-bond acceptors (Lipinski definition) is 4. The fourth-order valence-corrected chi connectivity index (χ4v) is 2.37. The molecule has 0 saturated heterocycles. The lowest BCUT2D eigenvalue weighted by molar-refractivity contribution is -0.142. The molecule has 1 aromatic carbocycles. The van der Waals surface area contributed by atoms with E-state index < -0.39 is 32.0 Å². The van der Waals surface area contributed by atoms with Crippen LogP contribution in [-0.4, -0.2) is 39.8 Å². The highest BCUT2D eigenvalue weighted by Gasteiger charge is 2.28. The van der Waals surface area contributed by atoms with Gasteiger partial charge < -0.3 is 15.5 Å². The zero-order valence-corrected chi connectivity index (χ0v) is 14.1. The van der Waals surface area contributed by atoms with E-state index in [1.807, 2.05) is 0 Å². The number of aliphatic carboxylic acids is 2. The average molecular weight is 344 g/mol. The van der Waals surface area contributed by atoms with Crippen LogP contribution in [0.3, 0.4) is 0 Å². The predicted octanol–water partition coefficient (Wildman–Crippen LogP) is 2.71. The highest BCUT2D eigenvalue weighted by molar-refractivity contribution is 7.38. The summed E-state index contributed by atoms with van der Waals surface area (Å²) in [6.07, 6.45) is -0.815. The highest BCUT2D eigenvalue weighted by atomic mass is 31.1. The summed E-state index contributed by atoms with van der Waals surface area (Å²) in [6, 6.07) is 8.41. The fourth-order valence-electron chi connectivity index (χ4n) is 1.65. The minimum Gasteiger partial charge on any atom is -0.481 e. The molecule has 0 heterocycles. The van der Waals surface area contributed by atoms with Crippen LogP contribution >= 0.6 is 8.03 Å². The van der Waals surface area contributed by atoms with Crippen LogP contribution in [0.2, 0.25) is 0 Å². The van der Waals surface area contributed by atoms with Crippen molar-refractivity contribution in [3.8, 4) is 0 Å². The van der Waals surface area contributed by atoms with E-state index >= 15 is 0 Å². The summed E-state index contributed by atoms with van der Waals surface area (Å²) in [5.41, 5.74) is 2.51. The van der Waals surface area contributed by atoms with Gasteiger partial charge in [0.15, 0.2) is 6.16 Å². The lowest BCUT2D eigenvalue weighted by Crippen LogP contribution is -2.17. The van der Waals surface area contributed by atoms with E-state index in [9.17, 15) is 14.2 Å². The zero-order valence-electron chi connectivity index (χ0n) is 13.2. The molecule has 8 heteroatoms. The van der Waals surface area contributed by atoms with Crippen LogP contribution in [0.4, 0.5) is 5.69 Å². The molecule has 2 atom stereocenters. The molecule has 128 valence electrons. The minimum absolute atomic E-state index is 0.119. The first-order valence-corrected chi connectivity index (χ1v) is 8.54. The van der Waals surface area contributed by atoms with Crippen molar-refractivity contribution < 1.29 is 29.3 Å². The van der Waals surface area contributed by atoms with E-state index in [0.29, 0.717) is 0 Å². The van der Waals surface area contributed by atoms with Crippen molar-refractivity contribution >= 4 is 25.7 Å². The summed E-state index contributed by atoms with van der Waals surface area (Å²) < 4.78 is 10.3. The topological polar surface area (TPSA) is 124 Å². The highest BCUT2D eigenvalue weighted by Crippen LogP contribution is 2.21. The lowest BCUT2D eigenvalue weighted by atomic mass is 10.1. The quantitative estimate of drug-likeness (QED) is 0.534. The summed E-state index contributed by atoms with van der Waals surface area (Å²) in [6.45, 7) is 5.18. The zero-order chi connectivity index (χ0) is 17.8. The Morgan fingerprint density at radius 3 is 2.17 bits per heavy atom. The molecule has 0 radical (unpaired) electrons. The second-order valence-electron chi connectivity index (χ2n) is 4.90. The number of hydrogen-bond donors (Lipinski definition) is 4. The monoisotopic (exact) mass is 344 g/mol. The standard InChI is InChI=1S/C9H13N.C6H9O6P/c1-3-10-9-6-4-8(2)5-7-9;7-5(8)2-1-4(6(9)10)3-13(11)12/h4-7,10H,3H2,1-2H3;4H,1-3H2,(H2-,7,8,9,10,11,12)/p+1. The molecule has 0 fully saturated rings. The van der Waals surface area contributed by atoms with E-state index in [2.05, 4.69) is 43.4 Å². The van der Waals surface area contributed by atoms with Crippen LogP contribution in [0.5, 0.6) is 0 Å².